The van der Waals surface area contributed by atoms with E-state index in [1.807, 2.05) is 0 Å². The Hall–Kier alpha value is -0.980. The number of nitrogens with zero attached hydrogens (tertiary/aromatic N) is 4. The lowest BCUT2D eigenvalue weighted by Crippen LogP contribution is -2.57. The van der Waals surface area contributed by atoms with Crippen LogP contribution in [0.1, 0.15) is 31.5 Å². The van der Waals surface area contributed by atoms with Gasteiger partial charge >= 0.3 is 0 Å². The predicted molar refractivity (Wildman–Crippen MR) is 74.3 cm³/mol. The van der Waals surface area contributed by atoms with Gasteiger partial charge < -0.3 is 9.26 Å². The van der Waals surface area contributed by atoms with Crippen molar-refractivity contribution in [2.45, 2.75) is 44.9 Å². The maximum Gasteiger partial charge on any atom is 0.226 e. The topological polar surface area (TPSA) is 54.6 Å². The van der Waals surface area contributed by atoms with Crippen LogP contribution < -0.4 is 0 Å². The van der Waals surface area contributed by atoms with Crippen LogP contribution in [0.5, 0.6) is 0 Å². The van der Waals surface area contributed by atoms with E-state index in [1.54, 1.807) is 0 Å². The first-order chi connectivity index (χ1) is 9.76. The van der Waals surface area contributed by atoms with E-state index in [4.69, 9.17) is 9.26 Å². The highest BCUT2D eigenvalue weighted by molar-refractivity contribution is 4.92. The Morgan fingerprint density at radius 2 is 2.30 bits per heavy atom. The highest BCUT2D eigenvalue weighted by Crippen LogP contribution is 2.22. The van der Waals surface area contributed by atoms with Gasteiger partial charge in [0.25, 0.3) is 0 Å². The second-order valence-corrected chi connectivity index (χ2v) is 5.84. The number of rotatable bonds is 5. The Morgan fingerprint density at radius 1 is 1.40 bits per heavy atom. The average Bonchev–Trinajstić information content (AvgIpc) is 2.87. The molecule has 3 heterocycles. The van der Waals surface area contributed by atoms with Crippen LogP contribution >= 0.6 is 0 Å². The van der Waals surface area contributed by atoms with E-state index in [0.29, 0.717) is 12.1 Å². The SMILES string of the molecule is CCCc1nc(CN(C)C2CCN3CCOC2C3)no1. The summed E-state index contributed by atoms with van der Waals surface area (Å²) in [5.41, 5.74) is 0. The van der Waals surface area contributed by atoms with Gasteiger partial charge in [-0.05, 0) is 26.4 Å². The maximum atomic E-state index is 5.92. The van der Waals surface area contributed by atoms with Crippen LogP contribution in [0.15, 0.2) is 4.52 Å². The molecule has 3 unspecified atom stereocenters. The molecule has 0 aromatic carbocycles. The van der Waals surface area contributed by atoms with Crippen molar-refractivity contribution in [3.63, 3.8) is 0 Å². The molecule has 2 fully saturated rings. The summed E-state index contributed by atoms with van der Waals surface area (Å²) >= 11 is 0. The number of aryl methyl sites for hydroxylation is 1. The Bertz CT molecular complexity index is 437. The van der Waals surface area contributed by atoms with Crippen molar-refractivity contribution in [3.8, 4) is 0 Å². The van der Waals surface area contributed by atoms with E-state index in [0.717, 1.165) is 57.2 Å². The van der Waals surface area contributed by atoms with Crippen molar-refractivity contribution in [3.05, 3.63) is 11.7 Å². The Morgan fingerprint density at radius 3 is 3.15 bits per heavy atom. The summed E-state index contributed by atoms with van der Waals surface area (Å²) in [4.78, 5) is 9.25. The zero-order valence-corrected chi connectivity index (χ0v) is 12.4. The molecule has 0 N–H and O–H groups in total. The van der Waals surface area contributed by atoms with E-state index >= 15 is 0 Å². The van der Waals surface area contributed by atoms with Crippen LogP contribution in [0, 0.1) is 0 Å². The van der Waals surface area contributed by atoms with E-state index < -0.39 is 0 Å². The third-order valence-corrected chi connectivity index (χ3v) is 4.28. The highest BCUT2D eigenvalue weighted by Gasteiger charge is 2.35. The fourth-order valence-corrected chi connectivity index (χ4v) is 3.18. The molecule has 1 aromatic heterocycles. The van der Waals surface area contributed by atoms with Crippen LogP contribution in [0.2, 0.25) is 0 Å². The summed E-state index contributed by atoms with van der Waals surface area (Å²) in [5.74, 6) is 1.54. The van der Waals surface area contributed by atoms with Crippen LogP contribution in [0.25, 0.3) is 0 Å². The van der Waals surface area contributed by atoms with Crippen molar-refractivity contribution in [2.75, 3.05) is 33.3 Å². The molecule has 0 radical (unpaired) electrons. The van der Waals surface area contributed by atoms with Gasteiger partial charge in [0, 0.05) is 25.6 Å². The molecule has 0 spiro atoms. The van der Waals surface area contributed by atoms with Gasteiger partial charge in [0.1, 0.15) is 0 Å². The number of fused-ring (bicyclic) bond motifs is 2. The largest absolute Gasteiger partial charge is 0.374 e. The third-order valence-electron chi connectivity index (χ3n) is 4.28. The van der Waals surface area contributed by atoms with Crippen molar-refractivity contribution < 1.29 is 9.26 Å². The average molecular weight is 280 g/mol. The standard InChI is InChI=1S/C14H24N4O2/c1-3-4-14-15-13(16-20-14)10-17(2)11-5-6-18-7-8-19-12(11)9-18/h11-12H,3-10H2,1-2H3. The summed E-state index contributed by atoms with van der Waals surface area (Å²) in [6, 6.07) is 0.458. The Labute approximate surface area is 120 Å². The molecule has 0 aliphatic carbocycles. The van der Waals surface area contributed by atoms with Gasteiger partial charge in [0.2, 0.25) is 5.89 Å². The third kappa shape index (κ3) is 3.02. The minimum absolute atomic E-state index is 0.324. The number of hydrogen-bond acceptors (Lipinski definition) is 6. The van der Waals surface area contributed by atoms with Gasteiger partial charge in [-0.2, -0.15) is 4.98 Å². The summed E-state index contributed by atoms with van der Waals surface area (Å²) in [7, 11) is 2.13. The quantitative estimate of drug-likeness (QED) is 0.799. The molecular formula is C14H24N4O2. The zero-order chi connectivity index (χ0) is 13.9. The minimum Gasteiger partial charge on any atom is -0.374 e. The van der Waals surface area contributed by atoms with Gasteiger partial charge in [-0.3, -0.25) is 9.80 Å². The molecule has 20 heavy (non-hydrogen) atoms. The highest BCUT2D eigenvalue weighted by atomic mass is 16.5. The molecule has 3 rings (SSSR count). The first-order valence-corrected chi connectivity index (χ1v) is 7.62. The zero-order valence-electron chi connectivity index (χ0n) is 12.4. The molecule has 1 aromatic rings. The monoisotopic (exact) mass is 280 g/mol. The van der Waals surface area contributed by atoms with Crippen LogP contribution in [0.3, 0.4) is 0 Å². The molecular weight excluding hydrogens is 256 g/mol. The van der Waals surface area contributed by atoms with Crippen LogP contribution in [-0.2, 0) is 17.7 Å². The second kappa shape index (κ2) is 6.20. The van der Waals surface area contributed by atoms with Gasteiger partial charge in [-0.25, -0.2) is 0 Å². The lowest BCUT2D eigenvalue weighted by atomic mass is 9.99. The normalized spacial score (nSPS) is 29.9. The molecule has 2 aliphatic heterocycles. The fourth-order valence-electron chi connectivity index (χ4n) is 3.18. The van der Waals surface area contributed by atoms with Crippen molar-refractivity contribution >= 4 is 0 Å². The first-order valence-electron chi connectivity index (χ1n) is 7.62. The molecule has 2 bridgehead atoms. The summed E-state index contributed by atoms with van der Waals surface area (Å²) < 4.78 is 11.2. The molecule has 2 saturated heterocycles. The van der Waals surface area contributed by atoms with E-state index in [9.17, 15) is 0 Å². The van der Waals surface area contributed by atoms with Gasteiger partial charge in [0.05, 0.1) is 19.3 Å². The van der Waals surface area contributed by atoms with E-state index in [2.05, 4.69) is 33.9 Å². The maximum absolute atomic E-state index is 5.92. The minimum atomic E-state index is 0.324. The number of aromatic nitrogens is 2. The Kier molecular flexibility index (Phi) is 4.33. The smallest absolute Gasteiger partial charge is 0.226 e. The molecule has 6 nitrogen and oxygen atoms in total. The van der Waals surface area contributed by atoms with Gasteiger partial charge in [-0.1, -0.05) is 12.1 Å². The van der Waals surface area contributed by atoms with E-state index in [1.165, 1.54) is 6.54 Å². The lowest BCUT2D eigenvalue weighted by molar-refractivity contribution is -0.0974. The molecule has 6 heteroatoms. The summed E-state index contributed by atoms with van der Waals surface area (Å²) in [6.07, 6.45) is 3.37. The number of morpholine rings is 1. The molecule has 3 atom stereocenters. The number of hydrogen-bond donors (Lipinski definition) is 0. The Balaban J connectivity index is 1.58. The summed E-state index contributed by atoms with van der Waals surface area (Å²) in [6.45, 7) is 7.02. The number of ether oxygens (including phenoxy) is 1. The van der Waals surface area contributed by atoms with E-state index in [-0.39, 0.29) is 0 Å². The predicted octanol–water partition coefficient (Wildman–Crippen LogP) is 0.927. The first kappa shape index (κ1) is 14.0. The fraction of sp³-hybridized carbons (Fsp3) is 0.857. The van der Waals surface area contributed by atoms with Crippen LogP contribution in [-0.4, -0.2) is 65.4 Å². The molecule has 112 valence electrons. The second-order valence-electron chi connectivity index (χ2n) is 5.84. The number of likely N-dealkylation sites (N-methyl/N-ethyl adjacent to an activating group) is 1. The molecule has 0 saturated carbocycles. The van der Waals surface area contributed by atoms with Gasteiger partial charge in [-0.15, -0.1) is 0 Å². The molecule has 2 aliphatic rings. The van der Waals surface area contributed by atoms with Gasteiger partial charge in [0.15, 0.2) is 5.82 Å². The van der Waals surface area contributed by atoms with Crippen molar-refractivity contribution in [1.82, 2.24) is 19.9 Å². The molecule has 0 amide bonds. The number of piperidine rings is 1. The lowest BCUT2D eigenvalue weighted by Gasteiger charge is -2.45. The summed E-state index contributed by atoms with van der Waals surface area (Å²) in [5, 5.41) is 4.07. The van der Waals surface area contributed by atoms with Crippen molar-refractivity contribution in [1.29, 1.82) is 0 Å². The van der Waals surface area contributed by atoms with Crippen molar-refractivity contribution in [2.24, 2.45) is 0 Å². The van der Waals surface area contributed by atoms with Crippen LogP contribution in [0.4, 0.5) is 0 Å².